The zero-order chi connectivity index (χ0) is 17.5. The van der Waals surface area contributed by atoms with Crippen molar-refractivity contribution >= 4 is 17.3 Å². The number of rotatable bonds is 4. The van der Waals surface area contributed by atoms with Crippen molar-refractivity contribution in [3.05, 3.63) is 71.8 Å². The summed E-state index contributed by atoms with van der Waals surface area (Å²) in [6.45, 7) is 2.47. The lowest BCUT2D eigenvalue weighted by molar-refractivity contribution is 0.267. The standard InChI is InChI=1S/C21H23N3S/c22-17-21(19-9-5-2-6-10-19)12-15-24(16-13-21)20(25)23-14-11-18-7-3-1-4-8-18/h1-10H,11-16H2,(H,23,25). The fourth-order valence-corrected chi connectivity index (χ4v) is 3.67. The Bertz CT molecular complexity index is 729. The van der Waals surface area contributed by atoms with Crippen LogP contribution in [0, 0.1) is 11.3 Å². The van der Waals surface area contributed by atoms with E-state index in [4.69, 9.17) is 12.2 Å². The van der Waals surface area contributed by atoms with Crippen LogP contribution in [-0.4, -0.2) is 29.6 Å². The first-order chi connectivity index (χ1) is 12.2. The fourth-order valence-electron chi connectivity index (χ4n) is 3.38. The molecule has 0 bridgehead atoms. The molecule has 1 heterocycles. The summed E-state index contributed by atoms with van der Waals surface area (Å²) >= 11 is 5.55. The lowest BCUT2D eigenvalue weighted by Crippen LogP contribution is -2.48. The first-order valence-corrected chi connectivity index (χ1v) is 9.18. The van der Waals surface area contributed by atoms with Crippen molar-refractivity contribution in [3.8, 4) is 6.07 Å². The molecule has 25 heavy (non-hydrogen) atoms. The van der Waals surface area contributed by atoms with Gasteiger partial charge in [-0.05, 0) is 42.6 Å². The quantitative estimate of drug-likeness (QED) is 0.855. The van der Waals surface area contributed by atoms with Gasteiger partial charge in [-0.2, -0.15) is 5.26 Å². The molecule has 128 valence electrons. The van der Waals surface area contributed by atoms with Gasteiger partial charge in [0.05, 0.1) is 11.5 Å². The van der Waals surface area contributed by atoms with E-state index in [1.54, 1.807) is 0 Å². The number of nitriles is 1. The monoisotopic (exact) mass is 349 g/mol. The minimum atomic E-state index is -0.378. The van der Waals surface area contributed by atoms with E-state index in [1.165, 1.54) is 5.56 Å². The predicted octanol–water partition coefficient (Wildman–Crippen LogP) is 3.66. The summed E-state index contributed by atoms with van der Waals surface area (Å²) in [5.74, 6) is 0. The summed E-state index contributed by atoms with van der Waals surface area (Å²) in [6, 6.07) is 23.1. The van der Waals surface area contributed by atoms with Gasteiger partial charge in [0.1, 0.15) is 0 Å². The molecular weight excluding hydrogens is 326 g/mol. The Balaban J connectivity index is 1.51. The van der Waals surface area contributed by atoms with Gasteiger partial charge in [-0.3, -0.25) is 0 Å². The Morgan fingerprint density at radius 3 is 2.24 bits per heavy atom. The first kappa shape index (κ1) is 17.4. The van der Waals surface area contributed by atoms with Gasteiger partial charge in [0.15, 0.2) is 5.11 Å². The van der Waals surface area contributed by atoms with Crippen molar-refractivity contribution in [2.45, 2.75) is 24.7 Å². The van der Waals surface area contributed by atoms with Gasteiger partial charge in [0.2, 0.25) is 0 Å². The molecule has 1 saturated heterocycles. The van der Waals surface area contributed by atoms with Gasteiger partial charge in [-0.15, -0.1) is 0 Å². The average molecular weight is 350 g/mol. The van der Waals surface area contributed by atoms with E-state index in [-0.39, 0.29) is 5.41 Å². The van der Waals surface area contributed by atoms with Crippen LogP contribution in [0.5, 0.6) is 0 Å². The molecule has 0 unspecified atom stereocenters. The van der Waals surface area contributed by atoms with Crippen LogP contribution in [0.4, 0.5) is 0 Å². The summed E-state index contributed by atoms with van der Waals surface area (Å²) in [6.07, 6.45) is 2.59. The summed E-state index contributed by atoms with van der Waals surface area (Å²) in [7, 11) is 0. The van der Waals surface area contributed by atoms with E-state index >= 15 is 0 Å². The van der Waals surface area contributed by atoms with Gasteiger partial charge in [0, 0.05) is 19.6 Å². The van der Waals surface area contributed by atoms with Crippen LogP contribution in [0.3, 0.4) is 0 Å². The van der Waals surface area contributed by atoms with Crippen LogP contribution in [-0.2, 0) is 11.8 Å². The SMILES string of the molecule is N#CC1(c2ccccc2)CCN(C(=S)NCCc2ccccc2)CC1. The highest BCUT2D eigenvalue weighted by Gasteiger charge is 2.36. The first-order valence-electron chi connectivity index (χ1n) is 8.77. The molecule has 3 rings (SSSR count). The third-order valence-electron chi connectivity index (χ3n) is 4.98. The van der Waals surface area contributed by atoms with E-state index in [0.717, 1.165) is 49.6 Å². The predicted molar refractivity (Wildman–Crippen MR) is 105 cm³/mol. The second kappa shape index (κ2) is 8.13. The van der Waals surface area contributed by atoms with Crippen molar-refractivity contribution in [1.29, 1.82) is 5.26 Å². The molecule has 0 saturated carbocycles. The Morgan fingerprint density at radius 1 is 1.04 bits per heavy atom. The molecule has 0 spiro atoms. The Hall–Kier alpha value is -2.38. The number of benzene rings is 2. The molecule has 0 atom stereocenters. The second-order valence-electron chi connectivity index (χ2n) is 6.51. The lowest BCUT2D eigenvalue weighted by Gasteiger charge is -2.38. The third kappa shape index (κ3) is 4.18. The molecule has 2 aromatic rings. The number of likely N-dealkylation sites (tertiary alicyclic amines) is 1. The van der Waals surface area contributed by atoms with Crippen molar-refractivity contribution in [2.75, 3.05) is 19.6 Å². The maximum Gasteiger partial charge on any atom is 0.168 e. The molecule has 0 amide bonds. The smallest absolute Gasteiger partial charge is 0.168 e. The van der Waals surface area contributed by atoms with E-state index < -0.39 is 0 Å². The summed E-state index contributed by atoms with van der Waals surface area (Å²) in [5, 5.41) is 13.9. The Kier molecular flexibility index (Phi) is 5.67. The highest BCUT2D eigenvalue weighted by atomic mass is 32.1. The highest BCUT2D eigenvalue weighted by Crippen LogP contribution is 2.34. The zero-order valence-corrected chi connectivity index (χ0v) is 15.1. The van der Waals surface area contributed by atoms with Crippen LogP contribution >= 0.6 is 12.2 Å². The van der Waals surface area contributed by atoms with Gasteiger partial charge in [0.25, 0.3) is 0 Å². The van der Waals surface area contributed by atoms with Crippen LogP contribution in [0.1, 0.15) is 24.0 Å². The molecule has 0 aliphatic carbocycles. The van der Waals surface area contributed by atoms with Crippen molar-refractivity contribution in [3.63, 3.8) is 0 Å². The van der Waals surface area contributed by atoms with Crippen LogP contribution in [0.2, 0.25) is 0 Å². The molecule has 3 nitrogen and oxygen atoms in total. The fraction of sp³-hybridized carbons (Fsp3) is 0.333. The Labute approximate surface area is 155 Å². The van der Waals surface area contributed by atoms with E-state index in [9.17, 15) is 5.26 Å². The molecule has 2 aromatic carbocycles. The van der Waals surface area contributed by atoms with E-state index in [1.807, 2.05) is 24.3 Å². The highest BCUT2D eigenvalue weighted by molar-refractivity contribution is 7.80. The average Bonchev–Trinajstić information content (AvgIpc) is 2.69. The summed E-state index contributed by atoms with van der Waals surface area (Å²) < 4.78 is 0. The largest absolute Gasteiger partial charge is 0.362 e. The zero-order valence-electron chi connectivity index (χ0n) is 14.3. The molecule has 1 fully saturated rings. The summed E-state index contributed by atoms with van der Waals surface area (Å²) in [5.41, 5.74) is 2.06. The minimum absolute atomic E-state index is 0.378. The van der Waals surface area contributed by atoms with Crippen molar-refractivity contribution < 1.29 is 0 Å². The number of piperidine rings is 1. The van der Waals surface area contributed by atoms with Crippen LogP contribution < -0.4 is 5.32 Å². The van der Waals surface area contributed by atoms with Gasteiger partial charge in [-0.25, -0.2) is 0 Å². The molecule has 1 aliphatic heterocycles. The Morgan fingerprint density at radius 2 is 1.64 bits per heavy atom. The summed E-state index contributed by atoms with van der Waals surface area (Å²) in [4.78, 5) is 2.19. The van der Waals surface area contributed by atoms with Crippen molar-refractivity contribution in [2.24, 2.45) is 0 Å². The maximum absolute atomic E-state index is 9.77. The van der Waals surface area contributed by atoms with Gasteiger partial charge in [-0.1, -0.05) is 60.7 Å². The number of hydrogen-bond acceptors (Lipinski definition) is 2. The van der Waals surface area contributed by atoms with Gasteiger partial charge >= 0.3 is 0 Å². The molecule has 4 heteroatoms. The molecular formula is C21H23N3S. The molecule has 1 N–H and O–H groups in total. The van der Waals surface area contributed by atoms with Crippen LogP contribution in [0.15, 0.2) is 60.7 Å². The lowest BCUT2D eigenvalue weighted by atomic mass is 9.74. The maximum atomic E-state index is 9.77. The third-order valence-corrected chi connectivity index (χ3v) is 5.38. The number of thiocarbonyl (C=S) groups is 1. The number of nitrogens with zero attached hydrogens (tertiary/aromatic N) is 2. The second-order valence-corrected chi connectivity index (χ2v) is 6.90. The van der Waals surface area contributed by atoms with Gasteiger partial charge < -0.3 is 10.2 Å². The van der Waals surface area contributed by atoms with Crippen LogP contribution in [0.25, 0.3) is 0 Å². The normalized spacial score (nSPS) is 16.0. The topological polar surface area (TPSA) is 39.1 Å². The van der Waals surface area contributed by atoms with Crippen molar-refractivity contribution in [1.82, 2.24) is 10.2 Å². The molecule has 0 radical (unpaired) electrons. The minimum Gasteiger partial charge on any atom is -0.362 e. The van der Waals surface area contributed by atoms with E-state index in [2.05, 4.69) is 52.7 Å². The van der Waals surface area contributed by atoms with E-state index in [0.29, 0.717) is 0 Å². The molecule has 0 aromatic heterocycles. The molecule has 1 aliphatic rings. The number of hydrogen-bond donors (Lipinski definition) is 1. The number of nitrogens with one attached hydrogen (secondary N) is 1.